The molecule has 1 aliphatic carbocycles. The van der Waals surface area contributed by atoms with Crippen LogP contribution in [0.2, 0.25) is 0 Å². The topological polar surface area (TPSA) is 29.3 Å². The second kappa shape index (κ2) is 6.55. The van der Waals surface area contributed by atoms with E-state index in [4.69, 9.17) is 0 Å². The van der Waals surface area contributed by atoms with Gasteiger partial charge in [-0.05, 0) is 12.8 Å². The summed E-state index contributed by atoms with van der Waals surface area (Å²) < 4.78 is 2.11. The number of imidazole rings is 1. The third-order valence-corrected chi connectivity index (χ3v) is 4.34. The van der Waals surface area contributed by atoms with Gasteiger partial charge in [-0.15, -0.1) is 23.7 Å². The van der Waals surface area contributed by atoms with Gasteiger partial charge in [-0.25, -0.2) is 4.98 Å². The second-order valence-corrected chi connectivity index (χ2v) is 5.77. The van der Waals surface area contributed by atoms with Crippen molar-refractivity contribution >= 4 is 28.7 Å². The van der Waals surface area contributed by atoms with E-state index in [-0.39, 0.29) is 12.4 Å². The summed E-state index contributed by atoms with van der Waals surface area (Å²) >= 11 is 1.70. The number of nitrogens with zero attached hydrogens (tertiary/aromatic N) is 2. The molecule has 2 aromatic rings. The van der Waals surface area contributed by atoms with E-state index in [0.717, 1.165) is 11.5 Å². The summed E-state index contributed by atoms with van der Waals surface area (Å²) in [6.07, 6.45) is 12.5. The van der Waals surface area contributed by atoms with Crippen molar-refractivity contribution in [2.75, 3.05) is 0 Å². The molecule has 18 heavy (non-hydrogen) atoms. The number of aromatic nitrogens is 2. The highest BCUT2D eigenvalue weighted by atomic mass is 35.5. The molecule has 100 valence electrons. The number of hydrogen-bond acceptors (Lipinski definition) is 3. The number of rotatable bonds is 3. The quantitative estimate of drug-likeness (QED) is 0.873. The van der Waals surface area contributed by atoms with Crippen LogP contribution in [-0.4, -0.2) is 15.4 Å². The van der Waals surface area contributed by atoms with E-state index < -0.39 is 0 Å². The minimum atomic E-state index is 0. The summed E-state index contributed by atoms with van der Waals surface area (Å²) in [6, 6.07) is 0.706. The molecule has 3 nitrogen and oxygen atoms in total. The zero-order chi connectivity index (χ0) is 11.5. The van der Waals surface area contributed by atoms with E-state index in [1.54, 1.807) is 11.3 Å². The lowest BCUT2D eigenvalue weighted by atomic mass is 10.1. The van der Waals surface area contributed by atoms with Crippen LogP contribution in [0.1, 0.15) is 44.2 Å². The van der Waals surface area contributed by atoms with Gasteiger partial charge in [0.25, 0.3) is 0 Å². The monoisotopic (exact) mass is 285 g/mol. The van der Waals surface area contributed by atoms with Crippen LogP contribution in [0.4, 0.5) is 0 Å². The predicted molar refractivity (Wildman–Crippen MR) is 78.6 cm³/mol. The first kappa shape index (κ1) is 13.8. The Hall–Kier alpha value is -0.580. The smallest absolute Gasteiger partial charge is 0.193 e. The molecule has 0 aliphatic heterocycles. The first-order valence-electron chi connectivity index (χ1n) is 6.56. The van der Waals surface area contributed by atoms with E-state index in [1.165, 1.54) is 44.2 Å². The fourth-order valence-corrected chi connectivity index (χ4v) is 3.31. The molecular weight excluding hydrogens is 266 g/mol. The maximum Gasteiger partial charge on any atom is 0.193 e. The predicted octanol–water partition coefficient (Wildman–Crippen LogP) is 3.63. The minimum absolute atomic E-state index is 0. The third kappa shape index (κ3) is 3.25. The minimum Gasteiger partial charge on any atom is -0.308 e. The summed E-state index contributed by atoms with van der Waals surface area (Å²) in [5, 5.41) is 5.73. The van der Waals surface area contributed by atoms with Crippen LogP contribution >= 0.6 is 23.7 Å². The molecule has 1 fully saturated rings. The highest BCUT2D eigenvalue weighted by molar-refractivity contribution is 7.15. The summed E-state index contributed by atoms with van der Waals surface area (Å²) in [4.78, 5) is 5.70. The van der Waals surface area contributed by atoms with Crippen molar-refractivity contribution in [2.45, 2.75) is 51.1 Å². The zero-order valence-corrected chi connectivity index (χ0v) is 12.1. The van der Waals surface area contributed by atoms with Crippen molar-refractivity contribution in [3.63, 3.8) is 0 Å². The fourth-order valence-electron chi connectivity index (χ4n) is 2.59. The highest BCUT2D eigenvalue weighted by Gasteiger charge is 2.12. The van der Waals surface area contributed by atoms with Gasteiger partial charge in [0.2, 0.25) is 0 Å². The van der Waals surface area contributed by atoms with E-state index in [1.807, 2.05) is 0 Å². The van der Waals surface area contributed by atoms with Crippen molar-refractivity contribution < 1.29 is 0 Å². The molecule has 3 rings (SSSR count). The van der Waals surface area contributed by atoms with Crippen LogP contribution in [0.5, 0.6) is 0 Å². The molecule has 0 amide bonds. The lowest BCUT2D eigenvalue weighted by Gasteiger charge is -2.14. The Bertz CT molecular complexity index is 443. The van der Waals surface area contributed by atoms with Crippen LogP contribution < -0.4 is 5.32 Å². The maximum absolute atomic E-state index is 4.60. The standard InChI is InChI=1S/C13H19N3S.ClH/c1-2-4-6-11(5-3-1)14-9-12-10-16-7-8-17-13(16)15-12;/h7-8,10-11,14H,1-6,9H2;1H. The van der Waals surface area contributed by atoms with Crippen molar-refractivity contribution in [1.82, 2.24) is 14.7 Å². The summed E-state index contributed by atoms with van der Waals surface area (Å²) in [7, 11) is 0. The molecule has 5 heteroatoms. The number of hydrogen-bond donors (Lipinski definition) is 1. The molecule has 0 saturated heterocycles. The van der Waals surface area contributed by atoms with Gasteiger partial charge in [-0.3, -0.25) is 4.40 Å². The number of nitrogens with one attached hydrogen (secondary N) is 1. The third-order valence-electron chi connectivity index (χ3n) is 3.57. The Kier molecular flexibility index (Phi) is 5.03. The first-order valence-corrected chi connectivity index (χ1v) is 7.44. The Morgan fingerprint density at radius 1 is 1.28 bits per heavy atom. The van der Waals surface area contributed by atoms with Gasteiger partial charge in [0.1, 0.15) is 0 Å². The Morgan fingerprint density at radius 3 is 2.78 bits per heavy atom. The molecule has 0 spiro atoms. The molecule has 0 unspecified atom stereocenters. The summed E-state index contributed by atoms with van der Waals surface area (Å²) in [5.74, 6) is 0. The molecule has 1 aliphatic rings. The van der Waals surface area contributed by atoms with Gasteiger partial charge >= 0.3 is 0 Å². The molecule has 0 radical (unpaired) electrons. The number of fused-ring (bicyclic) bond motifs is 1. The lowest BCUT2D eigenvalue weighted by molar-refractivity contribution is 0.457. The van der Waals surface area contributed by atoms with Gasteiger partial charge in [0, 0.05) is 30.4 Å². The molecule has 0 atom stereocenters. The molecule has 1 saturated carbocycles. The molecular formula is C13H20ClN3S. The average Bonchev–Trinajstić information content (AvgIpc) is 2.79. The lowest BCUT2D eigenvalue weighted by Crippen LogP contribution is -2.27. The Morgan fingerprint density at radius 2 is 2.06 bits per heavy atom. The Balaban J connectivity index is 0.00000120. The SMILES string of the molecule is Cl.c1cn2cc(CNC3CCCCCC3)nc2s1. The zero-order valence-electron chi connectivity index (χ0n) is 10.5. The van der Waals surface area contributed by atoms with E-state index in [9.17, 15) is 0 Å². The highest BCUT2D eigenvalue weighted by Crippen LogP contribution is 2.18. The maximum atomic E-state index is 4.60. The van der Waals surface area contributed by atoms with Crippen LogP contribution in [-0.2, 0) is 6.54 Å². The fraction of sp³-hybridized carbons (Fsp3) is 0.615. The number of halogens is 1. The van der Waals surface area contributed by atoms with E-state index in [2.05, 4.69) is 32.5 Å². The Labute approximate surface area is 118 Å². The molecule has 0 aromatic carbocycles. The van der Waals surface area contributed by atoms with Gasteiger partial charge in [-0.1, -0.05) is 25.7 Å². The van der Waals surface area contributed by atoms with Gasteiger partial charge in [0.05, 0.1) is 5.69 Å². The van der Waals surface area contributed by atoms with Crippen LogP contribution in [0.15, 0.2) is 17.8 Å². The van der Waals surface area contributed by atoms with Crippen molar-refractivity contribution in [1.29, 1.82) is 0 Å². The van der Waals surface area contributed by atoms with E-state index >= 15 is 0 Å². The average molecular weight is 286 g/mol. The number of thiazole rings is 1. The van der Waals surface area contributed by atoms with Crippen molar-refractivity contribution in [2.24, 2.45) is 0 Å². The molecule has 2 heterocycles. The second-order valence-electron chi connectivity index (χ2n) is 4.89. The largest absolute Gasteiger partial charge is 0.308 e. The normalized spacial score (nSPS) is 17.6. The molecule has 1 N–H and O–H groups in total. The van der Waals surface area contributed by atoms with Gasteiger partial charge < -0.3 is 5.32 Å². The summed E-state index contributed by atoms with van der Waals surface area (Å²) in [5.41, 5.74) is 1.17. The van der Waals surface area contributed by atoms with Crippen LogP contribution in [0, 0.1) is 0 Å². The van der Waals surface area contributed by atoms with E-state index in [0.29, 0.717) is 6.04 Å². The van der Waals surface area contributed by atoms with Crippen molar-refractivity contribution in [3.05, 3.63) is 23.5 Å². The first-order chi connectivity index (χ1) is 8.42. The van der Waals surface area contributed by atoms with Crippen LogP contribution in [0.25, 0.3) is 4.96 Å². The van der Waals surface area contributed by atoms with Gasteiger partial charge in [-0.2, -0.15) is 0 Å². The molecule has 2 aromatic heterocycles. The van der Waals surface area contributed by atoms with Crippen LogP contribution in [0.3, 0.4) is 0 Å². The van der Waals surface area contributed by atoms with Gasteiger partial charge in [0.15, 0.2) is 4.96 Å². The summed E-state index contributed by atoms with van der Waals surface area (Å²) in [6.45, 7) is 0.916. The van der Waals surface area contributed by atoms with Crippen molar-refractivity contribution in [3.8, 4) is 0 Å². The molecule has 0 bridgehead atoms.